The van der Waals surface area contributed by atoms with Crippen LogP contribution in [0.5, 0.6) is 0 Å². The van der Waals surface area contributed by atoms with Gasteiger partial charge >= 0.3 is 0 Å². The average Bonchev–Trinajstić information content (AvgIpc) is 2.60. The molecule has 7 nitrogen and oxygen atoms in total. The molecule has 0 aromatic carbocycles. The van der Waals surface area contributed by atoms with Crippen molar-refractivity contribution >= 4 is 18.0 Å². The van der Waals surface area contributed by atoms with Gasteiger partial charge in [-0.25, -0.2) is 13.8 Å². The molecule has 156 valence electrons. The standard InChI is InChI=1S/C19H28F2N4O3/c1-3-4-5-7-10-23-16(14(2)26)17(27)24-11-8-6-9-15(22)18(28)25-12-19(20,21)13-25/h3-5,7,10,15,26H,6,8-9,11-13,22H2,1-2H3,(H,24,27)/b4-3-,7-5-,16-14-,23-10+. The number of halogens is 2. The quantitative estimate of drug-likeness (QED) is 0.172. The number of nitrogens with one attached hydrogen (secondary N) is 1. The Hall–Kier alpha value is -2.55. The Morgan fingerprint density at radius 3 is 2.54 bits per heavy atom. The van der Waals surface area contributed by atoms with Gasteiger partial charge in [0.15, 0.2) is 5.70 Å². The van der Waals surface area contributed by atoms with Crippen LogP contribution in [0.1, 0.15) is 33.1 Å². The highest BCUT2D eigenvalue weighted by atomic mass is 19.3. The molecule has 0 radical (unpaired) electrons. The predicted molar refractivity (Wildman–Crippen MR) is 104 cm³/mol. The minimum Gasteiger partial charge on any atom is -0.510 e. The number of hydrogen-bond acceptors (Lipinski definition) is 5. The first kappa shape index (κ1) is 23.5. The molecule has 1 unspecified atom stereocenters. The monoisotopic (exact) mass is 398 g/mol. The molecule has 0 aliphatic carbocycles. The third-order valence-corrected chi connectivity index (χ3v) is 3.96. The van der Waals surface area contributed by atoms with Gasteiger partial charge in [-0.1, -0.05) is 18.2 Å². The molecule has 1 aliphatic rings. The van der Waals surface area contributed by atoms with Crippen molar-refractivity contribution in [2.45, 2.75) is 45.1 Å². The molecule has 2 amide bonds. The van der Waals surface area contributed by atoms with Crippen molar-refractivity contribution in [3.63, 3.8) is 0 Å². The molecule has 1 fully saturated rings. The van der Waals surface area contributed by atoms with Gasteiger partial charge in [0.25, 0.3) is 11.8 Å². The molecule has 1 aliphatic heterocycles. The number of nitrogens with zero attached hydrogens (tertiary/aromatic N) is 2. The summed E-state index contributed by atoms with van der Waals surface area (Å²) in [4.78, 5) is 28.9. The van der Waals surface area contributed by atoms with E-state index in [-0.39, 0.29) is 11.5 Å². The zero-order valence-corrected chi connectivity index (χ0v) is 16.2. The Labute approximate surface area is 163 Å². The minimum absolute atomic E-state index is 0.0873. The average molecular weight is 398 g/mol. The first-order valence-electron chi connectivity index (χ1n) is 9.10. The molecule has 1 rings (SSSR count). The van der Waals surface area contributed by atoms with Gasteiger partial charge in [0.1, 0.15) is 5.76 Å². The fourth-order valence-corrected chi connectivity index (χ4v) is 2.46. The minimum atomic E-state index is -2.80. The second-order valence-electron chi connectivity index (χ2n) is 6.53. The highest BCUT2D eigenvalue weighted by molar-refractivity contribution is 5.95. The number of hydrogen-bond donors (Lipinski definition) is 3. The van der Waals surface area contributed by atoms with Gasteiger partial charge in [0, 0.05) is 12.8 Å². The Bertz CT molecular complexity index is 660. The van der Waals surface area contributed by atoms with Crippen molar-refractivity contribution in [3.05, 3.63) is 35.8 Å². The second-order valence-corrected chi connectivity index (χ2v) is 6.53. The van der Waals surface area contributed by atoms with Crippen LogP contribution in [0, 0.1) is 0 Å². The molecular weight excluding hydrogens is 370 g/mol. The lowest BCUT2D eigenvalue weighted by Crippen LogP contribution is -2.61. The normalized spacial score (nSPS) is 18.4. The lowest BCUT2D eigenvalue weighted by Gasteiger charge is -2.39. The summed E-state index contributed by atoms with van der Waals surface area (Å²) in [6, 6.07) is -0.824. The van der Waals surface area contributed by atoms with Crippen molar-refractivity contribution in [3.8, 4) is 0 Å². The summed E-state index contributed by atoms with van der Waals surface area (Å²) in [5, 5.41) is 12.2. The molecule has 0 saturated carbocycles. The summed E-state index contributed by atoms with van der Waals surface area (Å²) in [5.41, 5.74) is 5.65. The number of likely N-dealkylation sites (tertiary alicyclic amines) is 1. The van der Waals surface area contributed by atoms with E-state index in [4.69, 9.17) is 5.73 Å². The number of alkyl halides is 2. The highest BCUT2D eigenvalue weighted by Gasteiger charge is 2.46. The molecule has 0 spiro atoms. The van der Waals surface area contributed by atoms with Crippen LogP contribution in [-0.4, -0.2) is 59.6 Å². The number of aliphatic hydroxyl groups excluding tert-OH is 1. The number of carbonyl (C=O) groups is 2. The number of allylic oxidation sites excluding steroid dienone is 5. The largest absolute Gasteiger partial charge is 0.510 e. The number of aliphatic hydroxyl groups is 1. The first-order chi connectivity index (χ1) is 13.2. The zero-order chi connectivity index (χ0) is 21.2. The maximum atomic E-state index is 12.8. The van der Waals surface area contributed by atoms with E-state index >= 15 is 0 Å². The molecule has 4 N–H and O–H groups in total. The van der Waals surface area contributed by atoms with Crippen LogP contribution in [0.25, 0.3) is 0 Å². The predicted octanol–water partition coefficient (Wildman–Crippen LogP) is 2.07. The van der Waals surface area contributed by atoms with Crippen molar-refractivity contribution in [1.82, 2.24) is 10.2 Å². The maximum Gasteiger partial charge on any atom is 0.282 e. The van der Waals surface area contributed by atoms with E-state index in [9.17, 15) is 23.5 Å². The Balaban J connectivity index is 2.31. The topological polar surface area (TPSA) is 108 Å². The van der Waals surface area contributed by atoms with Crippen LogP contribution in [0.15, 0.2) is 40.8 Å². The van der Waals surface area contributed by atoms with Gasteiger partial charge < -0.3 is 21.1 Å². The van der Waals surface area contributed by atoms with Crippen molar-refractivity contribution in [1.29, 1.82) is 0 Å². The SMILES string of the molecule is C\C=C/C=C\C=N\C(C(=O)NCCCCC(N)C(=O)N1CC(F)(F)C1)=C(\C)O. The summed E-state index contributed by atoms with van der Waals surface area (Å²) < 4.78 is 25.6. The van der Waals surface area contributed by atoms with Gasteiger partial charge in [-0.15, -0.1) is 0 Å². The van der Waals surface area contributed by atoms with Crippen LogP contribution < -0.4 is 11.1 Å². The van der Waals surface area contributed by atoms with E-state index in [0.29, 0.717) is 25.8 Å². The van der Waals surface area contributed by atoms with E-state index in [0.717, 1.165) is 4.90 Å². The molecule has 1 saturated heterocycles. The van der Waals surface area contributed by atoms with Crippen LogP contribution in [0.3, 0.4) is 0 Å². The van der Waals surface area contributed by atoms with E-state index in [2.05, 4.69) is 10.3 Å². The van der Waals surface area contributed by atoms with Crippen LogP contribution in [0.4, 0.5) is 8.78 Å². The summed E-state index contributed by atoms with van der Waals surface area (Å²) >= 11 is 0. The van der Waals surface area contributed by atoms with Crippen molar-refractivity contribution < 1.29 is 23.5 Å². The van der Waals surface area contributed by atoms with E-state index in [1.54, 1.807) is 18.2 Å². The van der Waals surface area contributed by atoms with E-state index in [1.165, 1.54) is 13.1 Å². The zero-order valence-electron chi connectivity index (χ0n) is 16.2. The third-order valence-electron chi connectivity index (χ3n) is 3.96. The molecule has 0 bridgehead atoms. The summed E-state index contributed by atoms with van der Waals surface area (Å²) in [5.74, 6) is -4.00. The van der Waals surface area contributed by atoms with Crippen LogP contribution in [0.2, 0.25) is 0 Å². The number of unbranched alkanes of at least 4 members (excludes halogenated alkanes) is 1. The fraction of sp³-hybridized carbons (Fsp3) is 0.526. The smallest absolute Gasteiger partial charge is 0.282 e. The number of aliphatic imine (C=N–C) groups is 1. The van der Waals surface area contributed by atoms with Gasteiger partial charge in [-0.2, -0.15) is 0 Å². The number of carbonyl (C=O) groups excluding carboxylic acids is 2. The van der Waals surface area contributed by atoms with Crippen molar-refractivity contribution in [2.75, 3.05) is 19.6 Å². The third kappa shape index (κ3) is 7.99. The van der Waals surface area contributed by atoms with Crippen LogP contribution >= 0.6 is 0 Å². The fourth-order valence-electron chi connectivity index (χ4n) is 2.46. The molecule has 9 heteroatoms. The van der Waals surface area contributed by atoms with E-state index < -0.39 is 36.9 Å². The molecular formula is C19H28F2N4O3. The van der Waals surface area contributed by atoms with Crippen LogP contribution in [-0.2, 0) is 9.59 Å². The van der Waals surface area contributed by atoms with Gasteiger partial charge in [0.2, 0.25) is 5.91 Å². The van der Waals surface area contributed by atoms with Gasteiger partial charge in [-0.3, -0.25) is 9.59 Å². The first-order valence-corrected chi connectivity index (χ1v) is 9.10. The Kier molecular flexibility index (Phi) is 9.50. The summed E-state index contributed by atoms with van der Waals surface area (Å²) in [7, 11) is 0. The maximum absolute atomic E-state index is 12.8. The van der Waals surface area contributed by atoms with Gasteiger partial charge in [-0.05, 0) is 39.2 Å². The molecule has 1 heterocycles. The van der Waals surface area contributed by atoms with E-state index in [1.807, 2.05) is 13.0 Å². The van der Waals surface area contributed by atoms with Crippen molar-refractivity contribution in [2.24, 2.45) is 10.7 Å². The highest BCUT2D eigenvalue weighted by Crippen LogP contribution is 2.27. The molecule has 1 atom stereocenters. The lowest BCUT2D eigenvalue weighted by molar-refractivity contribution is -0.167. The number of rotatable bonds is 10. The molecule has 0 aromatic heterocycles. The number of nitrogens with two attached hydrogens (primary N) is 1. The summed E-state index contributed by atoms with van der Waals surface area (Å²) in [6.45, 7) is 2.39. The summed E-state index contributed by atoms with van der Waals surface area (Å²) in [6.07, 6.45) is 9.83. The van der Waals surface area contributed by atoms with Gasteiger partial charge in [0.05, 0.1) is 19.1 Å². The number of amides is 2. The Morgan fingerprint density at radius 2 is 1.96 bits per heavy atom. The molecule has 28 heavy (non-hydrogen) atoms. The second kappa shape index (κ2) is 11.3. The molecule has 0 aromatic rings. The lowest BCUT2D eigenvalue weighted by atomic mass is 10.1. The Morgan fingerprint density at radius 1 is 1.29 bits per heavy atom.